The molecule has 0 bridgehead atoms. The number of pyridine rings is 1. The van der Waals surface area contributed by atoms with E-state index in [9.17, 15) is 14.0 Å². The van der Waals surface area contributed by atoms with E-state index in [2.05, 4.69) is 4.98 Å². The largest absolute Gasteiger partial charge is 0.423 e. The number of nitrogens with zero attached hydrogens (tertiary/aromatic N) is 1. The lowest BCUT2D eigenvalue weighted by atomic mass is 10.1. The van der Waals surface area contributed by atoms with Gasteiger partial charge in [-0.05, 0) is 48.5 Å². The molecule has 0 N–H and O–H groups in total. The van der Waals surface area contributed by atoms with Gasteiger partial charge in [0.05, 0.1) is 16.8 Å². The van der Waals surface area contributed by atoms with E-state index in [-0.39, 0.29) is 16.9 Å². The van der Waals surface area contributed by atoms with Crippen LogP contribution in [0.1, 0.15) is 10.4 Å². The number of esters is 1. The minimum Gasteiger partial charge on any atom is -0.423 e. The average Bonchev–Trinajstić information content (AvgIpc) is 2.68. The molecule has 6 heteroatoms. The van der Waals surface area contributed by atoms with Gasteiger partial charge in [0, 0.05) is 17.6 Å². The van der Waals surface area contributed by atoms with Gasteiger partial charge in [0.2, 0.25) is 0 Å². The number of fused-ring (bicyclic) bond motifs is 1. The third-order valence-electron chi connectivity index (χ3n) is 3.92. The second kappa shape index (κ2) is 6.84. The number of aromatic nitrogens is 1. The quantitative estimate of drug-likeness (QED) is 0.311. The first-order valence-electron chi connectivity index (χ1n) is 8.07. The molecule has 0 aliphatic heterocycles. The molecule has 0 aliphatic rings. The Balaban J connectivity index is 1.67. The first-order chi connectivity index (χ1) is 13.1. The van der Waals surface area contributed by atoms with E-state index >= 15 is 0 Å². The van der Waals surface area contributed by atoms with Crippen molar-refractivity contribution in [3.63, 3.8) is 0 Å². The van der Waals surface area contributed by atoms with E-state index in [0.29, 0.717) is 16.6 Å². The molecule has 0 atom stereocenters. The van der Waals surface area contributed by atoms with Crippen molar-refractivity contribution in [3.05, 3.63) is 94.7 Å². The fourth-order valence-electron chi connectivity index (χ4n) is 2.64. The summed E-state index contributed by atoms with van der Waals surface area (Å²) in [5.74, 6) is -1.05. The Morgan fingerprint density at radius 2 is 1.89 bits per heavy atom. The van der Waals surface area contributed by atoms with Crippen LogP contribution in [0.3, 0.4) is 0 Å². The minimum atomic E-state index is -0.707. The number of ether oxygens (including phenoxy) is 1. The van der Waals surface area contributed by atoms with Crippen LogP contribution in [0.15, 0.2) is 82.1 Å². The standard InChI is InChI=1S/C21H12FNO4/c22-15-5-3-4-14(10-15)20(24)26-16-8-7-13-11-17(18-6-1-2-9-23-18)21(25)27-19(13)12-16/h1-12H. The van der Waals surface area contributed by atoms with Crippen LogP contribution in [-0.2, 0) is 0 Å². The number of hydrogen-bond donors (Lipinski definition) is 0. The third kappa shape index (κ3) is 3.46. The molecule has 2 heterocycles. The highest BCUT2D eigenvalue weighted by atomic mass is 19.1. The summed E-state index contributed by atoms with van der Waals surface area (Å²) in [6.07, 6.45) is 1.59. The van der Waals surface area contributed by atoms with Crippen molar-refractivity contribution in [2.24, 2.45) is 0 Å². The molecule has 2 aromatic carbocycles. The molecule has 4 aromatic rings. The number of hydrogen-bond acceptors (Lipinski definition) is 5. The van der Waals surface area contributed by atoms with Crippen molar-refractivity contribution in [1.82, 2.24) is 4.98 Å². The second-order valence-corrected chi connectivity index (χ2v) is 5.76. The Labute approximate surface area is 152 Å². The SMILES string of the molecule is O=C(Oc1ccc2cc(-c3ccccn3)c(=O)oc2c1)c1cccc(F)c1. The minimum absolute atomic E-state index is 0.0852. The van der Waals surface area contributed by atoms with Gasteiger partial charge < -0.3 is 9.15 Å². The van der Waals surface area contributed by atoms with Crippen molar-refractivity contribution < 1.29 is 18.3 Å². The zero-order valence-corrected chi connectivity index (χ0v) is 13.9. The predicted molar refractivity (Wildman–Crippen MR) is 97.1 cm³/mol. The van der Waals surface area contributed by atoms with Gasteiger partial charge >= 0.3 is 11.6 Å². The van der Waals surface area contributed by atoms with Gasteiger partial charge in [0.15, 0.2) is 0 Å². The van der Waals surface area contributed by atoms with Crippen molar-refractivity contribution >= 4 is 16.9 Å². The number of carbonyl (C=O) groups excluding carboxylic acids is 1. The fourth-order valence-corrected chi connectivity index (χ4v) is 2.64. The van der Waals surface area contributed by atoms with Crippen molar-refractivity contribution in [2.45, 2.75) is 0 Å². The number of benzene rings is 2. The van der Waals surface area contributed by atoms with Crippen LogP contribution in [0.4, 0.5) is 4.39 Å². The maximum atomic E-state index is 13.2. The molecule has 0 spiro atoms. The molecular weight excluding hydrogens is 349 g/mol. The summed E-state index contributed by atoms with van der Waals surface area (Å²) in [4.78, 5) is 28.5. The summed E-state index contributed by atoms with van der Waals surface area (Å²) in [5.41, 5.74) is 0.656. The summed E-state index contributed by atoms with van der Waals surface area (Å²) in [5, 5.41) is 0.654. The smallest absolute Gasteiger partial charge is 0.345 e. The molecule has 0 aliphatic carbocycles. The van der Waals surface area contributed by atoms with Crippen molar-refractivity contribution in [2.75, 3.05) is 0 Å². The lowest BCUT2D eigenvalue weighted by Crippen LogP contribution is -2.09. The van der Waals surface area contributed by atoms with Gasteiger partial charge in [-0.15, -0.1) is 0 Å². The fraction of sp³-hybridized carbons (Fsp3) is 0. The average molecular weight is 361 g/mol. The van der Waals surface area contributed by atoms with E-state index in [1.807, 2.05) is 0 Å². The van der Waals surface area contributed by atoms with Gasteiger partial charge in [-0.3, -0.25) is 4.98 Å². The monoisotopic (exact) mass is 361 g/mol. The molecule has 2 aromatic heterocycles. The predicted octanol–water partition coefficient (Wildman–Crippen LogP) is 4.21. The Morgan fingerprint density at radius 3 is 2.67 bits per heavy atom. The van der Waals surface area contributed by atoms with Crippen LogP contribution >= 0.6 is 0 Å². The first-order valence-corrected chi connectivity index (χ1v) is 8.07. The third-order valence-corrected chi connectivity index (χ3v) is 3.92. The van der Waals surface area contributed by atoms with Gasteiger partial charge in [0.25, 0.3) is 0 Å². The normalized spacial score (nSPS) is 10.7. The number of carbonyl (C=O) groups is 1. The summed E-state index contributed by atoms with van der Waals surface area (Å²) >= 11 is 0. The highest BCUT2D eigenvalue weighted by molar-refractivity contribution is 5.91. The Hall–Kier alpha value is -3.80. The molecule has 132 valence electrons. The van der Waals surface area contributed by atoms with Crippen molar-refractivity contribution in [3.8, 4) is 17.0 Å². The van der Waals surface area contributed by atoms with Crippen LogP contribution in [0.5, 0.6) is 5.75 Å². The molecule has 0 radical (unpaired) electrons. The highest BCUT2D eigenvalue weighted by Crippen LogP contribution is 2.24. The Morgan fingerprint density at radius 1 is 1.00 bits per heavy atom. The second-order valence-electron chi connectivity index (χ2n) is 5.76. The zero-order valence-electron chi connectivity index (χ0n) is 13.9. The summed E-state index contributed by atoms with van der Waals surface area (Å²) < 4.78 is 23.8. The van der Waals surface area contributed by atoms with E-state index in [0.717, 1.165) is 6.07 Å². The molecular formula is C21H12FNO4. The summed E-state index contributed by atoms with van der Waals surface area (Å²) in [6, 6.07) is 16.8. The molecule has 5 nitrogen and oxygen atoms in total. The van der Waals surface area contributed by atoms with Crippen LogP contribution in [0.2, 0.25) is 0 Å². The first kappa shape index (κ1) is 16.7. The molecule has 27 heavy (non-hydrogen) atoms. The molecule has 0 saturated heterocycles. The molecule has 0 amide bonds. The zero-order chi connectivity index (χ0) is 18.8. The van der Waals surface area contributed by atoms with Crippen LogP contribution in [0, 0.1) is 5.82 Å². The lowest BCUT2D eigenvalue weighted by molar-refractivity contribution is 0.0734. The maximum Gasteiger partial charge on any atom is 0.345 e. The molecule has 0 fully saturated rings. The van der Waals surface area contributed by atoms with E-state index in [4.69, 9.17) is 9.15 Å². The summed E-state index contributed by atoms with van der Waals surface area (Å²) in [7, 11) is 0. The van der Waals surface area contributed by atoms with Gasteiger partial charge in [-0.25, -0.2) is 14.0 Å². The van der Waals surface area contributed by atoms with Crippen LogP contribution in [-0.4, -0.2) is 11.0 Å². The summed E-state index contributed by atoms with van der Waals surface area (Å²) in [6.45, 7) is 0. The number of halogens is 1. The molecule has 0 unspecified atom stereocenters. The van der Waals surface area contributed by atoms with Crippen molar-refractivity contribution in [1.29, 1.82) is 0 Å². The van der Waals surface area contributed by atoms with E-state index in [1.165, 1.54) is 24.3 Å². The molecule has 4 rings (SSSR count). The van der Waals surface area contributed by atoms with Crippen LogP contribution < -0.4 is 10.4 Å². The topological polar surface area (TPSA) is 69.4 Å². The Kier molecular flexibility index (Phi) is 4.22. The van der Waals surface area contributed by atoms with Gasteiger partial charge in [0.1, 0.15) is 17.1 Å². The Bertz CT molecular complexity index is 1200. The van der Waals surface area contributed by atoms with Gasteiger partial charge in [-0.1, -0.05) is 12.1 Å². The number of rotatable bonds is 3. The van der Waals surface area contributed by atoms with Gasteiger partial charge in [-0.2, -0.15) is 0 Å². The van der Waals surface area contributed by atoms with Crippen LogP contribution in [0.25, 0.3) is 22.2 Å². The molecule has 0 saturated carbocycles. The van der Waals surface area contributed by atoms with E-state index < -0.39 is 17.4 Å². The maximum absolute atomic E-state index is 13.2. The lowest BCUT2D eigenvalue weighted by Gasteiger charge is -2.06. The van der Waals surface area contributed by atoms with E-state index in [1.54, 1.807) is 42.6 Å². The highest BCUT2D eigenvalue weighted by Gasteiger charge is 2.12.